The fourth-order valence-electron chi connectivity index (χ4n) is 3.68. The highest BCUT2D eigenvalue weighted by atomic mass is 16.5. The summed E-state index contributed by atoms with van der Waals surface area (Å²) in [6.45, 7) is 2.00. The van der Waals surface area contributed by atoms with Gasteiger partial charge in [0.25, 0.3) is 0 Å². The van der Waals surface area contributed by atoms with Crippen LogP contribution in [0.1, 0.15) is 36.1 Å². The summed E-state index contributed by atoms with van der Waals surface area (Å²) < 4.78 is 5.79. The number of benzene rings is 3. The van der Waals surface area contributed by atoms with Gasteiger partial charge in [-0.05, 0) is 47.0 Å². The zero-order valence-corrected chi connectivity index (χ0v) is 17.3. The molecule has 5 nitrogen and oxygen atoms in total. The highest BCUT2D eigenvalue weighted by Gasteiger charge is 2.28. The van der Waals surface area contributed by atoms with Gasteiger partial charge in [-0.1, -0.05) is 54.6 Å². The summed E-state index contributed by atoms with van der Waals surface area (Å²) in [5.74, 6) is 0.485. The number of anilines is 1. The van der Waals surface area contributed by atoms with Crippen molar-refractivity contribution in [1.29, 1.82) is 0 Å². The van der Waals surface area contributed by atoms with E-state index >= 15 is 0 Å². The highest BCUT2D eigenvalue weighted by molar-refractivity contribution is 5.92. The molecule has 0 fully saturated rings. The summed E-state index contributed by atoms with van der Waals surface area (Å²) in [7, 11) is 0. The average molecular weight is 412 g/mol. The molecule has 1 aliphatic heterocycles. The molecule has 1 atom stereocenters. The van der Waals surface area contributed by atoms with Gasteiger partial charge in [0.15, 0.2) is 0 Å². The normalized spacial score (nSPS) is 14.6. The van der Waals surface area contributed by atoms with E-state index in [0.29, 0.717) is 12.3 Å². The van der Waals surface area contributed by atoms with Gasteiger partial charge in [0.05, 0.1) is 12.5 Å². The third-order valence-corrected chi connectivity index (χ3v) is 5.23. The minimum absolute atomic E-state index is 0.0940. The molecule has 2 amide bonds. The largest absolute Gasteiger partial charge is 0.489 e. The smallest absolute Gasteiger partial charge is 0.226 e. The molecule has 0 aliphatic carbocycles. The molecule has 0 saturated heterocycles. The van der Waals surface area contributed by atoms with Crippen molar-refractivity contribution >= 4 is 23.6 Å². The monoisotopic (exact) mass is 412 g/mol. The van der Waals surface area contributed by atoms with E-state index in [1.807, 2.05) is 84.9 Å². The molecule has 3 aromatic carbocycles. The molecule has 1 heterocycles. The maximum absolute atomic E-state index is 12.7. The summed E-state index contributed by atoms with van der Waals surface area (Å²) in [6.07, 6.45) is 3.83. The van der Waals surface area contributed by atoms with E-state index in [0.717, 1.165) is 22.4 Å². The molecule has 5 heteroatoms. The van der Waals surface area contributed by atoms with E-state index in [2.05, 4.69) is 5.32 Å². The molecule has 0 spiro atoms. The third kappa shape index (κ3) is 5.01. The van der Waals surface area contributed by atoms with Crippen LogP contribution in [0.3, 0.4) is 0 Å². The van der Waals surface area contributed by atoms with E-state index in [4.69, 9.17) is 4.74 Å². The number of hydrogen-bond acceptors (Lipinski definition) is 3. The second kappa shape index (κ2) is 9.30. The molecule has 31 heavy (non-hydrogen) atoms. The number of carbonyl (C=O) groups is 2. The van der Waals surface area contributed by atoms with Crippen LogP contribution in [0.2, 0.25) is 0 Å². The summed E-state index contributed by atoms with van der Waals surface area (Å²) in [5, 5.41) is 2.92. The lowest BCUT2D eigenvalue weighted by Gasteiger charge is -2.32. The van der Waals surface area contributed by atoms with Crippen LogP contribution in [-0.4, -0.2) is 16.7 Å². The minimum atomic E-state index is -0.327. The molecule has 3 aromatic rings. The molecule has 0 radical (unpaired) electrons. The van der Waals surface area contributed by atoms with E-state index in [9.17, 15) is 9.59 Å². The Balaban J connectivity index is 1.39. The first-order valence-corrected chi connectivity index (χ1v) is 10.2. The predicted molar refractivity (Wildman–Crippen MR) is 121 cm³/mol. The topological polar surface area (TPSA) is 58.6 Å². The highest BCUT2D eigenvalue weighted by Crippen LogP contribution is 2.33. The van der Waals surface area contributed by atoms with Crippen LogP contribution >= 0.6 is 0 Å². The van der Waals surface area contributed by atoms with Crippen LogP contribution in [0.15, 0.2) is 85.1 Å². The quantitative estimate of drug-likeness (QED) is 0.608. The summed E-state index contributed by atoms with van der Waals surface area (Å²) in [4.78, 5) is 26.5. The Morgan fingerprint density at radius 2 is 1.65 bits per heavy atom. The van der Waals surface area contributed by atoms with Gasteiger partial charge >= 0.3 is 0 Å². The Kier molecular flexibility index (Phi) is 6.13. The molecular weight excluding hydrogens is 388 g/mol. The Bertz CT molecular complexity index is 1090. The van der Waals surface area contributed by atoms with Gasteiger partial charge in [-0.25, -0.2) is 0 Å². The van der Waals surface area contributed by atoms with E-state index in [1.54, 1.807) is 11.1 Å². The third-order valence-electron chi connectivity index (χ3n) is 5.23. The van der Waals surface area contributed by atoms with Crippen molar-refractivity contribution in [2.75, 3.05) is 5.32 Å². The van der Waals surface area contributed by atoms with Crippen LogP contribution in [-0.2, 0) is 16.2 Å². The molecule has 0 bridgehead atoms. The Morgan fingerprint density at radius 1 is 0.935 bits per heavy atom. The zero-order chi connectivity index (χ0) is 21.6. The zero-order valence-electron chi connectivity index (χ0n) is 17.3. The average Bonchev–Trinajstić information content (AvgIpc) is 2.79. The first-order valence-electron chi connectivity index (χ1n) is 10.2. The first-order chi connectivity index (χ1) is 15.1. The minimum Gasteiger partial charge on any atom is -0.489 e. The van der Waals surface area contributed by atoms with Crippen LogP contribution in [0.25, 0.3) is 6.08 Å². The molecule has 156 valence electrons. The lowest BCUT2D eigenvalue weighted by Crippen LogP contribution is -2.33. The van der Waals surface area contributed by atoms with Gasteiger partial charge in [-0.2, -0.15) is 0 Å². The van der Waals surface area contributed by atoms with Gasteiger partial charge in [-0.15, -0.1) is 0 Å². The van der Waals surface area contributed by atoms with Gasteiger partial charge in [-0.3, -0.25) is 9.59 Å². The second-order valence-electron chi connectivity index (χ2n) is 7.44. The molecule has 0 saturated carbocycles. The van der Waals surface area contributed by atoms with Crippen molar-refractivity contribution in [3.05, 3.63) is 102 Å². The van der Waals surface area contributed by atoms with Crippen molar-refractivity contribution in [3.63, 3.8) is 0 Å². The van der Waals surface area contributed by atoms with Gasteiger partial charge in [0, 0.05) is 18.8 Å². The van der Waals surface area contributed by atoms with Crippen molar-refractivity contribution in [2.24, 2.45) is 0 Å². The van der Waals surface area contributed by atoms with Gasteiger partial charge in [0.1, 0.15) is 12.4 Å². The number of amides is 2. The first kappa shape index (κ1) is 20.4. The van der Waals surface area contributed by atoms with Crippen molar-refractivity contribution in [2.45, 2.75) is 26.0 Å². The summed E-state index contributed by atoms with van der Waals surface area (Å²) in [6, 6.07) is 24.7. The Labute approximate surface area is 182 Å². The Morgan fingerprint density at radius 3 is 2.39 bits per heavy atom. The van der Waals surface area contributed by atoms with Gasteiger partial charge in [0.2, 0.25) is 11.8 Å². The number of carbonyl (C=O) groups excluding carboxylic acids is 2. The van der Waals surface area contributed by atoms with Gasteiger partial charge < -0.3 is 15.0 Å². The van der Waals surface area contributed by atoms with Crippen LogP contribution in [0.4, 0.5) is 5.69 Å². The molecule has 4 rings (SSSR count). The van der Waals surface area contributed by atoms with Crippen LogP contribution < -0.4 is 10.1 Å². The molecule has 0 unspecified atom stereocenters. The number of nitrogens with one attached hydrogen (secondary N) is 1. The van der Waals surface area contributed by atoms with Crippen LogP contribution in [0, 0.1) is 0 Å². The number of rotatable bonds is 6. The van der Waals surface area contributed by atoms with E-state index in [1.165, 1.54) is 6.92 Å². The fourth-order valence-corrected chi connectivity index (χ4v) is 3.68. The molecule has 1 aliphatic rings. The number of hydrogen-bond donors (Lipinski definition) is 1. The number of ether oxygens (including phenoxy) is 1. The lowest BCUT2D eigenvalue weighted by atomic mass is 9.93. The Hall–Kier alpha value is -3.86. The standard InChI is InChI=1S/C26H24N2O3/c1-19(29)28-16-15-21-9-5-6-10-24(21)25(28)17-26(30)27-22-11-13-23(14-12-22)31-18-20-7-3-2-4-8-20/h2-16,25H,17-18H2,1H3,(H,27,30)/t25-/m0/s1. The summed E-state index contributed by atoms with van der Waals surface area (Å²) >= 11 is 0. The SMILES string of the molecule is CC(=O)N1C=Cc2ccccc2[C@@H]1CC(=O)Nc1ccc(OCc2ccccc2)cc1. The fraction of sp³-hybridized carbons (Fsp3) is 0.154. The number of nitrogens with zero attached hydrogens (tertiary/aromatic N) is 1. The summed E-state index contributed by atoms with van der Waals surface area (Å²) in [5.41, 5.74) is 3.78. The van der Waals surface area contributed by atoms with Crippen LogP contribution in [0.5, 0.6) is 5.75 Å². The maximum Gasteiger partial charge on any atom is 0.226 e. The lowest BCUT2D eigenvalue weighted by molar-refractivity contribution is -0.129. The molecular formula is C26H24N2O3. The van der Waals surface area contributed by atoms with E-state index < -0.39 is 0 Å². The van der Waals surface area contributed by atoms with Crippen molar-refractivity contribution in [3.8, 4) is 5.75 Å². The molecule has 0 aromatic heterocycles. The van der Waals surface area contributed by atoms with E-state index in [-0.39, 0.29) is 24.3 Å². The number of fused-ring (bicyclic) bond motifs is 1. The second-order valence-corrected chi connectivity index (χ2v) is 7.44. The maximum atomic E-state index is 12.7. The molecule has 1 N–H and O–H groups in total. The van der Waals surface area contributed by atoms with Crippen molar-refractivity contribution in [1.82, 2.24) is 4.90 Å². The van der Waals surface area contributed by atoms with Crippen molar-refractivity contribution < 1.29 is 14.3 Å². The predicted octanol–water partition coefficient (Wildman–Crippen LogP) is 5.17.